The van der Waals surface area contributed by atoms with Gasteiger partial charge in [0.2, 0.25) is 9.23 Å². The van der Waals surface area contributed by atoms with Gasteiger partial charge in [-0.3, -0.25) is 14.6 Å². The van der Waals surface area contributed by atoms with Crippen LogP contribution >= 0.6 is 82.6 Å². The maximum atomic E-state index is 10.9. The summed E-state index contributed by atoms with van der Waals surface area (Å²) in [7, 11) is 11.6. The predicted octanol–water partition coefficient (Wildman–Crippen LogP) is 5.68. The normalized spacial score (nSPS) is 15.6. The molecule has 0 aromatic heterocycles. The first-order valence-electron chi connectivity index (χ1n) is 12.2. The summed E-state index contributed by atoms with van der Waals surface area (Å²) < 4.78 is 9.09. The molecule has 2 fully saturated rings. The zero-order valence-electron chi connectivity index (χ0n) is 23.3. The van der Waals surface area contributed by atoms with Gasteiger partial charge in [0.15, 0.2) is 0 Å². The summed E-state index contributed by atoms with van der Waals surface area (Å²) in [5, 5.41) is 8.42. The molecule has 2 saturated heterocycles. The Morgan fingerprint density at radius 2 is 0.952 bits per heavy atom. The van der Waals surface area contributed by atoms with Crippen molar-refractivity contribution in [3.8, 4) is 0 Å². The molecule has 0 amide bonds. The van der Waals surface area contributed by atoms with Crippen LogP contribution in [-0.4, -0.2) is 107 Å². The fourth-order valence-corrected chi connectivity index (χ4v) is 4.15. The van der Waals surface area contributed by atoms with Crippen LogP contribution in [0.25, 0.3) is 0 Å². The lowest BCUT2D eigenvalue weighted by Gasteiger charge is -2.32. The molecule has 42 heavy (non-hydrogen) atoms. The highest BCUT2D eigenvalue weighted by molar-refractivity contribution is 8.26. The molecule has 2 aromatic carbocycles. The van der Waals surface area contributed by atoms with Gasteiger partial charge < -0.3 is 14.9 Å². The van der Waals surface area contributed by atoms with Gasteiger partial charge in [0.1, 0.15) is 0 Å². The third-order valence-electron chi connectivity index (χ3n) is 6.39. The van der Waals surface area contributed by atoms with Gasteiger partial charge in [-0.1, -0.05) is 24.3 Å². The van der Waals surface area contributed by atoms with E-state index in [1.165, 1.54) is 11.1 Å². The van der Waals surface area contributed by atoms with Gasteiger partial charge in [-0.05, 0) is 61.1 Å². The average Bonchev–Trinajstić information content (AvgIpc) is 2.87. The van der Waals surface area contributed by atoms with Crippen LogP contribution in [0, 0.1) is 0 Å². The fourth-order valence-electron chi connectivity index (χ4n) is 4.02. The molecule has 0 saturated carbocycles. The van der Waals surface area contributed by atoms with Crippen LogP contribution in [0.4, 0.5) is 0 Å². The van der Waals surface area contributed by atoms with E-state index >= 15 is 0 Å². The van der Waals surface area contributed by atoms with E-state index in [0.717, 1.165) is 65.4 Å². The first-order valence-corrected chi connectivity index (χ1v) is 15.4. The fraction of sp³-hybridized carbons (Fsp3) is 0.462. The van der Waals surface area contributed by atoms with Crippen molar-refractivity contribution in [2.24, 2.45) is 0 Å². The molecular weight excluding hydrogens is 713 g/mol. The van der Waals surface area contributed by atoms with Crippen LogP contribution in [0.15, 0.2) is 48.5 Å². The Morgan fingerprint density at radius 1 is 0.667 bits per heavy atom. The van der Waals surface area contributed by atoms with Crippen molar-refractivity contribution >= 4 is 103 Å². The molecule has 4 rings (SSSR count). The molecular formula is C26H39Cl7N4O4S. The average molecular weight is 752 g/mol. The third kappa shape index (κ3) is 19.1. The Labute approximate surface area is 290 Å². The molecule has 0 atom stereocenters. The van der Waals surface area contributed by atoms with Gasteiger partial charge in [-0.15, -0.1) is 49.6 Å². The molecule has 0 radical (unpaired) electrons. The minimum atomic E-state index is -1.67. The van der Waals surface area contributed by atoms with E-state index in [1.54, 1.807) is 24.3 Å². The molecule has 0 aliphatic carbocycles. The zero-order chi connectivity index (χ0) is 28.1. The number of carboxylic acids is 1. The van der Waals surface area contributed by atoms with Crippen molar-refractivity contribution in [1.82, 2.24) is 19.6 Å². The molecule has 242 valence electrons. The molecule has 2 aromatic rings. The number of carboxylic acid groups (broad SMARTS) is 1. The molecule has 0 bridgehead atoms. The maximum absolute atomic E-state index is 10.9. The number of hydrogen-bond donors (Lipinski definition) is 1. The number of benzene rings is 2. The molecule has 0 unspecified atom stereocenters. The third-order valence-corrected chi connectivity index (χ3v) is 6.60. The second-order valence-corrected chi connectivity index (χ2v) is 12.2. The second-order valence-electron chi connectivity index (χ2n) is 9.32. The lowest BCUT2D eigenvalue weighted by Crippen LogP contribution is -2.43. The number of carbonyl (C=O) groups is 2. The summed E-state index contributed by atoms with van der Waals surface area (Å²) in [4.78, 5) is 31.1. The van der Waals surface area contributed by atoms with Gasteiger partial charge in [-0.25, -0.2) is 9.00 Å². The molecule has 16 heteroatoms. The van der Waals surface area contributed by atoms with E-state index in [2.05, 4.69) is 55.1 Å². The van der Waals surface area contributed by atoms with E-state index in [0.29, 0.717) is 11.1 Å². The minimum Gasteiger partial charge on any atom is -0.478 e. The van der Waals surface area contributed by atoms with Crippen molar-refractivity contribution in [2.45, 2.75) is 13.1 Å². The van der Waals surface area contributed by atoms with Crippen molar-refractivity contribution < 1.29 is 18.9 Å². The van der Waals surface area contributed by atoms with Gasteiger partial charge in [0.25, 0.3) is 5.24 Å². The van der Waals surface area contributed by atoms with Crippen LogP contribution in [0.1, 0.15) is 31.8 Å². The van der Waals surface area contributed by atoms with Crippen LogP contribution in [0.2, 0.25) is 0 Å². The van der Waals surface area contributed by atoms with E-state index in [-0.39, 0.29) is 49.6 Å². The number of aromatic carboxylic acids is 1. The smallest absolute Gasteiger partial charge is 0.335 e. The van der Waals surface area contributed by atoms with Crippen molar-refractivity contribution in [3.05, 3.63) is 70.8 Å². The predicted molar refractivity (Wildman–Crippen MR) is 184 cm³/mol. The van der Waals surface area contributed by atoms with Crippen molar-refractivity contribution in [1.29, 1.82) is 0 Å². The van der Waals surface area contributed by atoms with Crippen molar-refractivity contribution in [2.75, 3.05) is 66.5 Å². The van der Waals surface area contributed by atoms with Crippen LogP contribution < -0.4 is 0 Å². The number of carbonyl (C=O) groups excluding carboxylic acids is 1. The minimum absolute atomic E-state index is 0. The lowest BCUT2D eigenvalue weighted by atomic mass is 10.1. The van der Waals surface area contributed by atoms with Crippen molar-refractivity contribution in [3.63, 3.8) is 0 Å². The number of nitrogens with zero attached hydrogens (tertiary/aromatic N) is 4. The maximum Gasteiger partial charge on any atom is 0.335 e. The Bertz CT molecular complexity index is 958. The number of rotatable bonds is 6. The second kappa shape index (κ2) is 24.9. The summed E-state index contributed by atoms with van der Waals surface area (Å²) in [6.45, 7) is 10.7. The number of hydrogen-bond acceptors (Lipinski definition) is 7. The molecule has 2 heterocycles. The van der Waals surface area contributed by atoms with E-state index in [1.807, 2.05) is 24.3 Å². The first kappa shape index (κ1) is 46.0. The highest BCUT2D eigenvalue weighted by Gasteiger charge is 2.15. The van der Waals surface area contributed by atoms with Crippen LogP contribution in [-0.2, 0) is 22.3 Å². The van der Waals surface area contributed by atoms with E-state index < -0.39 is 20.4 Å². The van der Waals surface area contributed by atoms with Gasteiger partial charge in [0.05, 0.1) is 5.56 Å². The molecule has 2 aliphatic heterocycles. The number of halogens is 7. The topological polar surface area (TPSA) is 84.4 Å². The SMILES string of the molecule is CN1CCN(Cc2ccc(C(=O)Cl)cc2)CC1.CN1CCN(Cc2ccc(C(=O)O)cc2)CC1.Cl.Cl.Cl.Cl.O=S(Cl)Cl. The quantitative estimate of drug-likeness (QED) is 0.378. The highest BCUT2D eigenvalue weighted by Crippen LogP contribution is 2.11. The molecule has 2 aliphatic rings. The van der Waals surface area contributed by atoms with E-state index in [4.69, 9.17) is 20.9 Å². The lowest BCUT2D eigenvalue weighted by molar-refractivity contribution is 0.0696. The zero-order valence-corrected chi connectivity index (χ0v) is 29.7. The summed E-state index contributed by atoms with van der Waals surface area (Å²) in [6.07, 6.45) is 0. The summed E-state index contributed by atoms with van der Waals surface area (Å²) in [5.41, 5.74) is 3.33. The summed E-state index contributed by atoms with van der Waals surface area (Å²) in [5.74, 6) is -0.865. The standard InChI is InChI=1S/C13H17ClN2O.C13H18N2O2.Cl2OS.4ClH/c1-15-6-8-16(9-7-15)10-11-2-4-12(5-3-11)13(14)17;1-14-6-8-15(9-7-14)10-11-2-4-12(5-3-11)13(16)17;1-4(2)3;;;;/h2-5H,6-10H2,1H3;2-5H,6-10H2,1H3,(H,16,17);;4*1H. The number of piperazine rings is 2. The molecule has 8 nitrogen and oxygen atoms in total. The summed E-state index contributed by atoms with van der Waals surface area (Å²) in [6, 6.07) is 14.7. The molecule has 0 spiro atoms. The van der Waals surface area contributed by atoms with Gasteiger partial charge >= 0.3 is 5.97 Å². The Balaban J connectivity index is -0.000000592. The highest BCUT2D eigenvalue weighted by atomic mass is 36.0. The summed E-state index contributed by atoms with van der Waals surface area (Å²) >= 11 is 5.41. The Hall–Kier alpha value is -0.400. The Kier molecular flexibility index (Phi) is 27.2. The molecule has 1 N–H and O–H groups in total. The Morgan fingerprint density at radius 3 is 1.21 bits per heavy atom. The van der Waals surface area contributed by atoms with E-state index in [9.17, 15) is 9.59 Å². The van der Waals surface area contributed by atoms with Crippen LogP contribution in [0.3, 0.4) is 0 Å². The first-order chi connectivity index (χ1) is 18.0. The van der Waals surface area contributed by atoms with Gasteiger partial charge in [0, 0.05) is 92.4 Å². The largest absolute Gasteiger partial charge is 0.478 e. The van der Waals surface area contributed by atoms with Gasteiger partial charge in [-0.2, -0.15) is 0 Å². The van der Waals surface area contributed by atoms with Crippen LogP contribution in [0.5, 0.6) is 0 Å². The number of likely N-dealkylation sites (N-methyl/N-ethyl adjacent to an activating group) is 2. The monoisotopic (exact) mass is 748 g/mol.